The number of thiophene rings is 2. The zero-order valence-electron chi connectivity index (χ0n) is 11.8. The second-order valence-corrected chi connectivity index (χ2v) is 7.50. The zero-order valence-corrected chi connectivity index (χ0v) is 13.4. The highest BCUT2D eigenvalue weighted by atomic mass is 32.1. The van der Waals surface area contributed by atoms with Gasteiger partial charge < -0.3 is 4.90 Å². The summed E-state index contributed by atoms with van der Waals surface area (Å²) in [5.74, 6) is -0.236. The summed E-state index contributed by atoms with van der Waals surface area (Å²) >= 11 is 3.07. The quantitative estimate of drug-likeness (QED) is 0.641. The van der Waals surface area contributed by atoms with E-state index in [1.807, 2.05) is 22.4 Å². The van der Waals surface area contributed by atoms with E-state index in [1.165, 1.54) is 22.3 Å². The summed E-state index contributed by atoms with van der Waals surface area (Å²) in [5.41, 5.74) is 0. The highest BCUT2D eigenvalue weighted by Gasteiger charge is 2.32. The van der Waals surface area contributed by atoms with Gasteiger partial charge in [-0.2, -0.15) is 0 Å². The number of carbonyl (C=O) groups is 1. The van der Waals surface area contributed by atoms with Crippen molar-refractivity contribution in [1.82, 2.24) is 4.90 Å². The third-order valence-electron chi connectivity index (χ3n) is 4.10. The van der Waals surface area contributed by atoms with Gasteiger partial charge in [0.2, 0.25) is 0 Å². The average Bonchev–Trinajstić information content (AvgIpc) is 3.25. The molecule has 1 aliphatic heterocycles. The molecule has 0 bridgehead atoms. The average molecular weight is 331 g/mol. The molecule has 2 nitrogen and oxygen atoms in total. The molecule has 1 unspecified atom stereocenters. The van der Waals surface area contributed by atoms with Crippen LogP contribution in [0.3, 0.4) is 0 Å². The lowest BCUT2D eigenvalue weighted by molar-refractivity contribution is 0.0743. The smallest absolute Gasteiger partial charge is 0.264 e. The number of carbonyl (C=O) groups excluding carboxylic acids is 1. The van der Waals surface area contributed by atoms with Gasteiger partial charge in [0.05, 0.1) is 10.9 Å². The minimum Gasteiger partial charge on any atom is -0.330 e. The van der Waals surface area contributed by atoms with Crippen molar-refractivity contribution in [1.29, 1.82) is 0 Å². The first kappa shape index (κ1) is 13.9. The van der Waals surface area contributed by atoms with Gasteiger partial charge in [0.15, 0.2) is 0 Å². The van der Waals surface area contributed by atoms with E-state index < -0.39 is 0 Å². The summed E-state index contributed by atoms with van der Waals surface area (Å²) in [6.45, 7) is 0.776. The van der Waals surface area contributed by atoms with E-state index in [9.17, 15) is 9.18 Å². The number of halogens is 1. The molecule has 2 aromatic heterocycles. The first-order chi connectivity index (χ1) is 10.7. The molecule has 0 aliphatic carbocycles. The second kappa shape index (κ2) is 5.48. The van der Waals surface area contributed by atoms with E-state index in [0.29, 0.717) is 10.3 Å². The summed E-state index contributed by atoms with van der Waals surface area (Å²) in [4.78, 5) is 16.7. The minimum absolute atomic E-state index is 0.0245. The maximum absolute atomic E-state index is 13.8. The molecule has 4 rings (SSSR count). The van der Waals surface area contributed by atoms with E-state index >= 15 is 0 Å². The van der Waals surface area contributed by atoms with Crippen LogP contribution in [0.5, 0.6) is 0 Å². The molecule has 1 aromatic carbocycles. The van der Waals surface area contributed by atoms with Gasteiger partial charge in [-0.3, -0.25) is 4.79 Å². The molecule has 1 atom stereocenters. The Morgan fingerprint density at radius 3 is 2.95 bits per heavy atom. The summed E-state index contributed by atoms with van der Waals surface area (Å²) < 4.78 is 14.7. The second-order valence-electron chi connectivity index (χ2n) is 5.43. The van der Waals surface area contributed by atoms with Crippen LogP contribution in [-0.4, -0.2) is 17.4 Å². The number of hydrogen-bond acceptors (Lipinski definition) is 3. The fourth-order valence-corrected chi connectivity index (χ4v) is 4.96. The third kappa shape index (κ3) is 2.25. The normalized spacial score (nSPS) is 18.2. The number of rotatable bonds is 2. The largest absolute Gasteiger partial charge is 0.330 e. The van der Waals surface area contributed by atoms with Crippen molar-refractivity contribution in [3.8, 4) is 0 Å². The fourth-order valence-electron chi connectivity index (χ4n) is 3.06. The van der Waals surface area contributed by atoms with E-state index in [0.717, 1.165) is 24.1 Å². The minimum atomic E-state index is -0.260. The third-order valence-corrected chi connectivity index (χ3v) is 6.17. The molecule has 22 heavy (non-hydrogen) atoms. The molecule has 1 aliphatic rings. The predicted octanol–water partition coefficient (Wildman–Crippen LogP) is 5.08. The van der Waals surface area contributed by atoms with E-state index in [1.54, 1.807) is 23.5 Å². The van der Waals surface area contributed by atoms with E-state index in [2.05, 4.69) is 6.07 Å². The van der Waals surface area contributed by atoms with Crippen LogP contribution in [0.15, 0.2) is 41.8 Å². The standard InChI is InChI=1S/C17H14FNOS2/c18-12-4-1-6-14-11(12)10-16(22-14)17(20)19-8-2-5-13(19)15-7-3-9-21-15/h1,3-4,6-7,9-10,13H,2,5,8H2. The Labute approximate surface area is 135 Å². The van der Waals surface area contributed by atoms with E-state index in [-0.39, 0.29) is 17.8 Å². The van der Waals surface area contributed by atoms with Crippen LogP contribution in [0.2, 0.25) is 0 Å². The number of fused-ring (bicyclic) bond motifs is 1. The van der Waals surface area contributed by atoms with Crippen molar-refractivity contribution >= 4 is 38.7 Å². The van der Waals surface area contributed by atoms with Gasteiger partial charge in [0.1, 0.15) is 5.82 Å². The molecule has 1 saturated heterocycles. The van der Waals surface area contributed by atoms with Crippen molar-refractivity contribution in [2.45, 2.75) is 18.9 Å². The Kier molecular flexibility index (Phi) is 3.47. The number of amides is 1. The molecule has 0 spiro atoms. The van der Waals surface area contributed by atoms with Gasteiger partial charge in [0.25, 0.3) is 5.91 Å². The van der Waals surface area contributed by atoms with Crippen LogP contribution in [0.25, 0.3) is 10.1 Å². The first-order valence-electron chi connectivity index (χ1n) is 7.26. The fraction of sp³-hybridized carbons (Fsp3) is 0.235. The van der Waals surface area contributed by atoms with Gasteiger partial charge >= 0.3 is 0 Å². The van der Waals surface area contributed by atoms with Gasteiger partial charge in [-0.1, -0.05) is 12.1 Å². The van der Waals surface area contributed by atoms with Crippen molar-refractivity contribution in [2.75, 3.05) is 6.54 Å². The zero-order chi connectivity index (χ0) is 15.1. The molecule has 3 aromatic rings. The Hall–Kier alpha value is -1.72. The number of benzene rings is 1. The lowest BCUT2D eigenvalue weighted by Gasteiger charge is -2.23. The van der Waals surface area contributed by atoms with Gasteiger partial charge in [-0.05, 0) is 42.5 Å². The summed E-state index contributed by atoms with van der Waals surface area (Å²) in [6, 6.07) is 11.0. The Morgan fingerprint density at radius 1 is 1.27 bits per heavy atom. The highest BCUT2D eigenvalue weighted by Crippen LogP contribution is 2.37. The van der Waals surface area contributed by atoms with Gasteiger partial charge in [0, 0.05) is 21.5 Å². The summed E-state index contributed by atoms with van der Waals surface area (Å²) in [5, 5.41) is 2.59. The summed E-state index contributed by atoms with van der Waals surface area (Å²) in [7, 11) is 0. The lowest BCUT2D eigenvalue weighted by atomic mass is 10.2. The molecule has 1 amide bonds. The molecular formula is C17H14FNOS2. The van der Waals surface area contributed by atoms with Crippen LogP contribution in [0, 0.1) is 5.82 Å². The molecule has 5 heteroatoms. The lowest BCUT2D eigenvalue weighted by Crippen LogP contribution is -2.29. The monoisotopic (exact) mass is 331 g/mol. The molecule has 0 radical (unpaired) electrons. The molecule has 0 N–H and O–H groups in total. The highest BCUT2D eigenvalue weighted by molar-refractivity contribution is 7.20. The van der Waals surface area contributed by atoms with Crippen molar-refractivity contribution in [2.24, 2.45) is 0 Å². The first-order valence-corrected chi connectivity index (χ1v) is 8.96. The number of hydrogen-bond donors (Lipinski definition) is 0. The van der Waals surface area contributed by atoms with Crippen molar-refractivity contribution < 1.29 is 9.18 Å². The van der Waals surface area contributed by atoms with Crippen molar-refractivity contribution in [3.05, 3.63) is 57.3 Å². The number of nitrogens with zero attached hydrogens (tertiary/aromatic N) is 1. The molecular weight excluding hydrogens is 317 g/mol. The van der Waals surface area contributed by atoms with Crippen LogP contribution in [0.1, 0.15) is 33.4 Å². The Bertz CT molecular complexity index is 824. The van der Waals surface area contributed by atoms with Gasteiger partial charge in [-0.25, -0.2) is 4.39 Å². The summed E-state index contributed by atoms with van der Waals surface area (Å²) in [6.07, 6.45) is 2.03. The predicted molar refractivity (Wildman–Crippen MR) is 89.1 cm³/mol. The number of likely N-dealkylation sites (tertiary alicyclic amines) is 1. The van der Waals surface area contributed by atoms with Crippen LogP contribution < -0.4 is 0 Å². The van der Waals surface area contributed by atoms with Crippen molar-refractivity contribution in [3.63, 3.8) is 0 Å². The Balaban J connectivity index is 1.69. The molecule has 3 heterocycles. The maximum atomic E-state index is 13.8. The topological polar surface area (TPSA) is 20.3 Å². The maximum Gasteiger partial charge on any atom is 0.264 e. The molecule has 0 saturated carbocycles. The van der Waals surface area contributed by atoms with E-state index in [4.69, 9.17) is 0 Å². The van der Waals surface area contributed by atoms with Crippen LogP contribution in [0.4, 0.5) is 4.39 Å². The van der Waals surface area contributed by atoms with Crippen LogP contribution >= 0.6 is 22.7 Å². The van der Waals surface area contributed by atoms with Crippen LogP contribution in [-0.2, 0) is 0 Å². The Morgan fingerprint density at radius 2 is 2.18 bits per heavy atom. The molecule has 1 fully saturated rings. The SMILES string of the molecule is O=C(c1cc2c(F)cccc2s1)N1CCCC1c1cccs1. The van der Waals surface area contributed by atoms with Gasteiger partial charge in [-0.15, -0.1) is 22.7 Å². The molecule has 112 valence electrons.